The molecule has 0 bridgehead atoms. The average molecular weight is 191 g/mol. The second-order valence-electron chi connectivity index (χ2n) is 1.78. The Morgan fingerprint density at radius 2 is 2.44 bits per heavy atom. The summed E-state index contributed by atoms with van der Waals surface area (Å²) in [4.78, 5) is 0. The molecule has 1 aromatic heterocycles. The molecule has 0 spiro atoms. The number of rotatable bonds is 1. The first kappa shape index (κ1) is 6.77. The Kier molecular flexibility index (Phi) is 1.87. The standard InChI is InChI=1S/C5H7BrN2O/c1-3-4(2-9)7-8-5(3)6/h9H,2H2,1H3,(H,7,8). The summed E-state index contributed by atoms with van der Waals surface area (Å²) in [5.74, 6) is 0. The summed E-state index contributed by atoms with van der Waals surface area (Å²) in [6, 6.07) is 0. The highest BCUT2D eigenvalue weighted by Crippen LogP contribution is 2.14. The van der Waals surface area contributed by atoms with Crippen molar-refractivity contribution in [1.82, 2.24) is 10.2 Å². The maximum atomic E-state index is 8.64. The zero-order valence-corrected chi connectivity index (χ0v) is 6.57. The smallest absolute Gasteiger partial charge is 0.131 e. The lowest BCUT2D eigenvalue weighted by atomic mass is 10.3. The van der Waals surface area contributed by atoms with E-state index in [2.05, 4.69) is 26.1 Å². The van der Waals surface area contributed by atoms with Crippen molar-refractivity contribution in [3.8, 4) is 0 Å². The number of nitrogens with one attached hydrogen (secondary N) is 1. The van der Waals surface area contributed by atoms with E-state index in [0.29, 0.717) is 0 Å². The van der Waals surface area contributed by atoms with Crippen LogP contribution in [-0.4, -0.2) is 15.3 Å². The van der Waals surface area contributed by atoms with Crippen molar-refractivity contribution in [2.24, 2.45) is 0 Å². The normalized spacial score (nSPS) is 10.1. The van der Waals surface area contributed by atoms with Crippen molar-refractivity contribution in [3.63, 3.8) is 0 Å². The van der Waals surface area contributed by atoms with Gasteiger partial charge in [-0.2, -0.15) is 5.10 Å². The molecule has 0 amide bonds. The van der Waals surface area contributed by atoms with Gasteiger partial charge in [-0.3, -0.25) is 5.10 Å². The molecule has 0 saturated carbocycles. The number of aliphatic hydroxyl groups excluding tert-OH is 1. The average Bonchev–Trinajstić information content (AvgIpc) is 2.15. The molecule has 0 aromatic carbocycles. The third kappa shape index (κ3) is 1.14. The highest BCUT2D eigenvalue weighted by atomic mass is 79.9. The van der Waals surface area contributed by atoms with Crippen molar-refractivity contribution in [2.75, 3.05) is 0 Å². The Morgan fingerprint density at radius 1 is 1.78 bits per heavy atom. The lowest BCUT2D eigenvalue weighted by Gasteiger charge is -1.88. The number of aromatic amines is 1. The summed E-state index contributed by atoms with van der Waals surface area (Å²) in [6.45, 7) is 1.91. The van der Waals surface area contributed by atoms with Crippen molar-refractivity contribution in [2.45, 2.75) is 13.5 Å². The van der Waals surface area contributed by atoms with Gasteiger partial charge in [0.05, 0.1) is 12.3 Å². The van der Waals surface area contributed by atoms with Crippen LogP contribution in [-0.2, 0) is 6.61 Å². The number of halogens is 1. The van der Waals surface area contributed by atoms with Crippen LogP contribution in [0.4, 0.5) is 0 Å². The molecule has 1 aromatic rings. The van der Waals surface area contributed by atoms with Gasteiger partial charge in [-0.1, -0.05) is 0 Å². The molecule has 9 heavy (non-hydrogen) atoms. The second kappa shape index (κ2) is 2.49. The molecule has 0 radical (unpaired) electrons. The minimum atomic E-state index is 0.0183. The summed E-state index contributed by atoms with van der Waals surface area (Å²) in [5.41, 5.74) is 1.74. The largest absolute Gasteiger partial charge is 0.390 e. The maximum Gasteiger partial charge on any atom is 0.131 e. The van der Waals surface area contributed by atoms with Crippen LogP contribution < -0.4 is 0 Å². The third-order valence-corrected chi connectivity index (χ3v) is 1.98. The van der Waals surface area contributed by atoms with E-state index in [9.17, 15) is 0 Å². The number of aliphatic hydroxyl groups is 1. The minimum absolute atomic E-state index is 0.0183. The van der Waals surface area contributed by atoms with Crippen molar-refractivity contribution in [3.05, 3.63) is 15.9 Å². The summed E-state index contributed by atoms with van der Waals surface area (Å²) in [7, 11) is 0. The fourth-order valence-electron chi connectivity index (χ4n) is 0.563. The molecule has 0 unspecified atom stereocenters. The zero-order chi connectivity index (χ0) is 6.85. The quantitative estimate of drug-likeness (QED) is 0.694. The van der Waals surface area contributed by atoms with E-state index in [0.717, 1.165) is 15.9 Å². The van der Waals surface area contributed by atoms with Crippen LogP contribution in [0.25, 0.3) is 0 Å². The molecule has 0 fully saturated rings. The van der Waals surface area contributed by atoms with Crippen molar-refractivity contribution in [1.29, 1.82) is 0 Å². The summed E-state index contributed by atoms with van der Waals surface area (Å²) in [6.07, 6.45) is 0. The molecule has 1 heterocycles. The van der Waals surface area contributed by atoms with Gasteiger partial charge >= 0.3 is 0 Å². The zero-order valence-electron chi connectivity index (χ0n) is 4.98. The van der Waals surface area contributed by atoms with E-state index < -0.39 is 0 Å². The highest BCUT2D eigenvalue weighted by molar-refractivity contribution is 9.10. The predicted molar refractivity (Wildman–Crippen MR) is 36.9 cm³/mol. The van der Waals surface area contributed by atoms with Crippen LogP contribution >= 0.6 is 15.9 Å². The van der Waals surface area contributed by atoms with Crippen LogP contribution in [0.15, 0.2) is 4.60 Å². The fourth-order valence-corrected chi connectivity index (χ4v) is 0.891. The molecule has 0 aliphatic rings. The number of H-pyrrole nitrogens is 1. The molecule has 1 rings (SSSR count). The topological polar surface area (TPSA) is 48.9 Å². The number of nitrogens with zero attached hydrogens (tertiary/aromatic N) is 1. The van der Waals surface area contributed by atoms with Crippen LogP contribution in [0.2, 0.25) is 0 Å². The van der Waals surface area contributed by atoms with Gasteiger partial charge in [-0.25, -0.2) is 0 Å². The molecule has 0 aliphatic carbocycles. The van der Waals surface area contributed by atoms with Gasteiger partial charge in [0.1, 0.15) is 4.60 Å². The van der Waals surface area contributed by atoms with Gasteiger partial charge in [-0.05, 0) is 22.9 Å². The number of hydrogen-bond acceptors (Lipinski definition) is 2. The van der Waals surface area contributed by atoms with Gasteiger partial charge in [0.25, 0.3) is 0 Å². The van der Waals surface area contributed by atoms with E-state index in [1.54, 1.807) is 0 Å². The SMILES string of the molecule is Cc1c(Br)n[nH]c1CO. The van der Waals surface area contributed by atoms with Crippen LogP contribution in [0, 0.1) is 6.92 Å². The lowest BCUT2D eigenvalue weighted by Crippen LogP contribution is -1.84. The number of aromatic nitrogens is 2. The second-order valence-corrected chi connectivity index (χ2v) is 2.53. The fraction of sp³-hybridized carbons (Fsp3) is 0.400. The maximum absolute atomic E-state index is 8.64. The monoisotopic (exact) mass is 190 g/mol. The Balaban J connectivity index is 3.04. The molecule has 0 atom stereocenters. The molecule has 2 N–H and O–H groups in total. The minimum Gasteiger partial charge on any atom is -0.390 e. The molecule has 0 aliphatic heterocycles. The van der Waals surface area contributed by atoms with Crippen LogP contribution in [0.1, 0.15) is 11.3 Å². The summed E-state index contributed by atoms with van der Waals surface area (Å²) < 4.78 is 0.770. The molecule has 3 nitrogen and oxygen atoms in total. The van der Waals surface area contributed by atoms with E-state index in [4.69, 9.17) is 5.11 Å². The molecular weight excluding hydrogens is 184 g/mol. The van der Waals surface area contributed by atoms with Gasteiger partial charge in [0, 0.05) is 5.56 Å². The first-order valence-electron chi connectivity index (χ1n) is 2.56. The lowest BCUT2D eigenvalue weighted by molar-refractivity contribution is 0.276. The Morgan fingerprint density at radius 3 is 2.67 bits per heavy atom. The van der Waals surface area contributed by atoms with Gasteiger partial charge in [0.2, 0.25) is 0 Å². The molecular formula is C5H7BrN2O. The van der Waals surface area contributed by atoms with E-state index >= 15 is 0 Å². The predicted octanol–water partition coefficient (Wildman–Crippen LogP) is 0.973. The van der Waals surface area contributed by atoms with Crippen LogP contribution in [0.3, 0.4) is 0 Å². The van der Waals surface area contributed by atoms with Crippen molar-refractivity contribution < 1.29 is 5.11 Å². The van der Waals surface area contributed by atoms with E-state index in [1.807, 2.05) is 6.92 Å². The van der Waals surface area contributed by atoms with Crippen LogP contribution in [0.5, 0.6) is 0 Å². The molecule has 4 heteroatoms. The van der Waals surface area contributed by atoms with Gasteiger partial charge < -0.3 is 5.11 Å². The highest BCUT2D eigenvalue weighted by Gasteiger charge is 2.02. The Hall–Kier alpha value is -0.350. The first-order valence-corrected chi connectivity index (χ1v) is 3.35. The first-order chi connectivity index (χ1) is 4.25. The summed E-state index contributed by atoms with van der Waals surface area (Å²) in [5, 5.41) is 15.1. The summed E-state index contributed by atoms with van der Waals surface area (Å²) >= 11 is 3.20. The van der Waals surface area contributed by atoms with E-state index in [-0.39, 0.29) is 6.61 Å². The van der Waals surface area contributed by atoms with Crippen molar-refractivity contribution >= 4 is 15.9 Å². The molecule has 0 saturated heterocycles. The van der Waals surface area contributed by atoms with E-state index in [1.165, 1.54) is 0 Å². The number of hydrogen-bond donors (Lipinski definition) is 2. The van der Waals surface area contributed by atoms with Gasteiger partial charge in [0.15, 0.2) is 0 Å². The third-order valence-electron chi connectivity index (χ3n) is 1.21. The van der Waals surface area contributed by atoms with Gasteiger partial charge in [-0.15, -0.1) is 0 Å². The Labute approximate surface area is 61.2 Å². The molecule has 50 valence electrons. The Bertz CT molecular complexity index is 209.